The molecule has 1 heterocycles. The van der Waals surface area contributed by atoms with Gasteiger partial charge < -0.3 is 10.4 Å². The third-order valence-corrected chi connectivity index (χ3v) is 2.70. The first-order valence-electron chi connectivity index (χ1n) is 4.79. The lowest BCUT2D eigenvalue weighted by Crippen LogP contribution is -2.12. The van der Waals surface area contributed by atoms with E-state index in [0.717, 1.165) is 10.8 Å². The van der Waals surface area contributed by atoms with E-state index < -0.39 is 11.7 Å². The van der Waals surface area contributed by atoms with Gasteiger partial charge in [0, 0.05) is 5.39 Å². The van der Waals surface area contributed by atoms with Crippen molar-refractivity contribution in [3.8, 4) is 5.75 Å². The predicted molar refractivity (Wildman–Crippen MR) is 58.6 cm³/mol. The second-order valence-electron chi connectivity index (χ2n) is 3.65. The second-order valence-corrected chi connectivity index (χ2v) is 3.65. The van der Waals surface area contributed by atoms with Crippen LogP contribution in [0.4, 0.5) is 5.69 Å². The fraction of sp³-hybridized carbons (Fsp3) is 0. The van der Waals surface area contributed by atoms with E-state index in [1.54, 1.807) is 6.07 Å². The maximum Gasteiger partial charge on any atom is 0.297 e. The fourth-order valence-electron chi connectivity index (χ4n) is 1.98. The number of aromatic hydroxyl groups is 1. The van der Waals surface area contributed by atoms with Crippen LogP contribution in [0.25, 0.3) is 10.8 Å². The summed E-state index contributed by atoms with van der Waals surface area (Å²) in [5.41, 5.74) is 0.481. The van der Waals surface area contributed by atoms with E-state index in [4.69, 9.17) is 0 Å². The lowest BCUT2D eigenvalue weighted by molar-refractivity contribution is -0.112. The Morgan fingerprint density at radius 2 is 1.88 bits per heavy atom. The van der Waals surface area contributed by atoms with Crippen LogP contribution in [-0.4, -0.2) is 16.8 Å². The Balaban J connectivity index is 2.48. The Kier molecular flexibility index (Phi) is 1.57. The summed E-state index contributed by atoms with van der Waals surface area (Å²) in [7, 11) is 0. The first-order valence-corrected chi connectivity index (χ1v) is 4.79. The lowest BCUT2D eigenvalue weighted by atomic mass is 10.0. The van der Waals surface area contributed by atoms with Crippen molar-refractivity contribution in [1.29, 1.82) is 0 Å². The molecule has 2 N–H and O–H groups in total. The van der Waals surface area contributed by atoms with E-state index in [-0.39, 0.29) is 11.3 Å². The SMILES string of the molecule is O=C1Nc2c(c(O)cc3ccccc23)C1=O. The van der Waals surface area contributed by atoms with Gasteiger partial charge in [0.15, 0.2) is 0 Å². The van der Waals surface area contributed by atoms with Crippen molar-refractivity contribution in [2.45, 2.75) is 0 Å². The summed E-state index contributed by atoms with van der Waals surface area (Å²) in [5.74, 6) is -1.53. The van der Waals surface area contributed by atoms with Gasteiger partial charge in [0.05, 0.1) is 11.3 Å². The number of benzene rings is 2. The van der Waals surface area contributed by atoms with E-state index in [2.05, 4.69) is 5.32 Å². The molecule has 0 fully saturated rings. The number of rotatable bonds is 0. The highest BCUT2D eigenvalue weighted by Gasteiger charge is 2.32. The molecule has 0 radical (unpaired) electrons. The molecule has 1 aliphatic heterocycles. The van der Waals surface area contributed by atoms with Gasteiger partial charge in [0.1, 0.15) is 5.75 Å². The van der Waals surface area contributed by atoms with E-state index in [1.165, 1.54) is 6.07 Å². The number of amides is 1. The monoisotopic (exact) mass is 213 g/mol. The number of hydrogen-bond donors (Lipinski definition) is 2. The van der Waals surface area contributed by atoms with Crippen molar-refractivity contribution in [3.05, 3.63) is 35.9 Å². The first-order chi connectivity index (χ1) is 7.68. The van der Waals surface area contributed by atoms with Crippen LogP contribution < -0.4 is 5.32 Å². The largest absolute Gasteiger partial charge is 0.507 e. The third kappa shape index (κ3) is 0.982. The minimum absolute atomic E-state index is 0.0729. The molecule has 2 aromatic carbocycles. The number of anilines is 1. The molecule has 0 saturated carbocycles. The second kappa shape index (κ2) is 2.82. The molecule has 0 unspecified atom stereocenters. The van der Waals surface area contributed by atoms with Crippen LogP contribution in [0.3, 0.4) is 0 Å². The van der Waals surface area contributed by atoms with Crippen LogP contribution in [0.2, 0.25) is 0 Å². The molecule has 78 valence electrons. The molecule has 4 nitrogen and oxygen atoms in total. The molecule has 2 aromatic rings. The van der Waals surface area contributed by atoms with Gasteiger partial charge in [0.2, 0.25) is 0 Å². The summed E-state index contributed by atoms with van der Waals surface area (Å²) in [6.45, 7) is 0. The van der Waals surface area contributed by atoms with Crippen LogP contribution in [0.1, 0.15) is 10.4 Å². The minimum atomic E-state index is -0.693. The fourth-order valence-corrected chi connectivity index (χ4v) is 1.98. The Hall–Kier alpha value is -2.36. The summed E-state index contributed by atoms with van der Waals surface area (Å²) < 4.78 is 0. The highest BCUT2D eigenvalue weighted by atomic mass is 16.3. The van der Waals surface area contributed by atoms with Crippen LogP contribution in [0.5, 0.6) is 5.75 Å². The molecule has 1 aliphatic rings. The summed E-state index contributed by atoms with van der Waals surface area (Å²) in [4.78, 5) is 22.7. The van der Waals surface area contributed by atoms with Gasteiger partial charge >= 0.3 is 0 Å². The molecule has 1 amide bonds. The van der Waals surface area contributed by atoms with Crippen molar-refractivity contribution in [2.24, 2.45) is 0 Å². The number of phenols is 1. The third-order valence-electron chi connectivity index (χ3n) is 2.70. The molecule has 0 atom stereocenters. The van der Waals surface area contributed by atoms with E-state index in [0.29, 0.717) is 5.69 Å². The zero-order chi connectivity index (χ0) is 11.3. The summed E-state index contributed by atoms with van der Waals surface area (Å²) in [6, 6.07) is 8.74. The smallest absolute Gasteiger partial charge is 0.297 e. The van der Waals surface area contributed by atoms with Crippen LogP contribution in [0, 0.1) is 0 Å². The molecule has 16 heavy (non-hydrogen) atoms. The standard InChI is InChI=1S/C12H7NO3/c14-8-5-6-3-1-2-4-7(6)10-9(8)11(15)12(16)13-10/h1-5,14H,(H,13,15,16). The Bertz CT molecular complexity index is 646. The predicted octanol–water partition coefficient (Wildman–Crippen LogP) is 1.68. The van der Waals surface area contributed by atoms with Crippen molar-refractivity contribution in [3.63, 3.8) is 0 Å². The lowest BCUT2D eigenvalue weighted by Gasteiger charge is -2.05. The van der Waals surface area contributed by atoms with Gasteiger partial charge in [-0.2, -0.15) is 0 Å². The van der Waals surface area contributed by atoms with Gasteiger partial charge in [-0.15, -0.1) is 0 Å². The van der Waals surface area contributed by atoms with Crippen molar-refractivity contribution < 1.29 is 14.7 Å². The van der Waals surface area contributed by atoms with Crippen molar-refractivity contribution >= 4 is 28.2 Å². The number of carbonyl (C=O) groups is 2. The summed E-state index contributed by atoms with van der Waals surface area (Å²) in [5, 5.41) is 13.7. The molecule has 0 spiro atoms. The number of Topliss-reactive ketones (excluding diaryl/α,β-unsaturated/α-hetero) is 1. The quantitative estimate of drug-likeness (QED) is 0.654. The average Bonchev–Trinajstić information content (AvgIpc) is 2.57. The van der Waals surface area contributed by atoms with Gasteiger partial charge in [-0.25, -0.2) is 0 Å². The van der Waals surface area contributed by atoms with Crippen molar-refractivity contribution in [1.82, 2.24) is 0 Å². The molecule has 0 aliphatic carbocycles. The number of carbonyl (C=O) groups excluding carboxylic acids is 2. The van der Waals surface area contributed by atoms with Crippen LogP contribution in [0.15, 0.2) is 30.3 Å². The summed E-state index contributed by atoms with van der Waals surface area (Å²) >= 11 is 0. The van der Waals surface area contributed by atoms with Crippen LogP contribution >= 0.6 is 0 Å². The minimum Gasteiger partial charge on any atom is -0.507 e. The van der Waals surface area contributed by atoms with Gasteiger partial charge in [-0.1, -0.05) is 24.3 Å². The number of fused-ring (bicyclic) bond motifs is 3. The van der Waals surface area contributed by atoms with E-state index in [9.17, 15) is 14.7 Å². The molecular weight excluding hydrogens is 206 g/mol. The molecule has 4 heteroatoms. The van der Waals surface area contributed by atoms with E-state index in [1.807, 2.05) is 18.2 Å². The maximum atomic E-state index is 11.5. The maximum absolute atomic E-state index is 11.5. The Labute approximate surface area is 90.5 Å². The first kappa shape index (κ1) is 8.91. The molecular formula is C12H7NO3. The number of ketones is 1. The average molecular weight is 213 g/mol. The highest BCUT2D eigenvalue weighted by Crippen LogP contribution is 2.37. The normalized spacial score (nSPS) is 14.0. The number of phenolic OH excluding ortho intramolecular Hbond substituents is 1. The highest BCUT2D eigenvalue weighted by molar-refractivity contribution is 6.53. The zero-order valence-corrected chi connectivity index (χ0v) is 8.15. The van der Waals surface area contributed by atoms with Crippen LogP contribution in [-0.2, 0) is 4.79 Å². The van der Waals surface area contributed by atoms with Gasteiger partial charge in [-0.05, 0) is 11.5 Å². The number of nitrogens with one attached hydrogen (secondary N) is 1. The molecule has 3 rings (SSSR count). The molecule has 0 saturated heterocycles. The number of hydrogen-bond acceptors (Lipinski definition) is 3. The zero-order valence-electron chi connectivity index (χ0n) is 8.15. The molecule has 0 aromatic heterocycles. The summed E-state index contributed by atoms with van der Waals surface area (Å²) in [6.07, 6.45) is 0. The Morgan fingerprint density at radius 1 is 1.12 bits per heavy atom. The van der Waals surface area contributed by atoms with Gasteiger partial charge in [0.25, 0.3) is 11.7 Å². The Morgan fingerprint density at radius 3 is 2.69 bits per heavy atom. The topological polar surface area (TPSA) is 66.4 Å². The van der Waals surface area contributed by atoms with Gasteiger partial charge in [-0.3, -0.25) is 9.59 Å². The van der Waals surface area contributed by atoms with Crippen molar-refractivity contribution in [2.75, 3.05) is 5.32 Å². The van der Waals surface area contributed by atoms with E-state index >= 15 is 0 Å². The molecule has 0 bridgehead atoms.